The van der Waals surface area contributed by atoms with E-state index in [2.05, 4.69) is 23.5 Å². The minimum absolute atomic E-state index is 0.0879. The summed E-state index contributed by atoms with van der Waals surface area (Å²) >= 11 is 0. The largest absolute Gasteiger partial charge is 0.306 e. The fraction of sp³-hybridized carbons (Fsp3) is 0.167. The molecule has 0 amide bonds. The first-order valence-electron chi connectivity index (χ1n) is 6.95. The third kappa shape index (κ3) is 2.86. The van der Waals surface area contributed by atoms with Crippen molar-refractivity contribution in [1.29, 1.82) is 5.26 Å². The lowest BCUT2D eigenvalue weighted by Crippen LogP contribution is -2.26. The van der Waals surface area contributed by atoms with E-state index in [-0.39, 0.29) is 11.6 Å². The van der Waals surface area contributed by atoms with Gasteiger partial charge in [-0.15, -0.1) is 0 Å². The third-order valence-corrected chi connectivity index (χ3v) is 3.77. The van der Waals surface area contributed by atoms with Crippen LogP contribution in [0.1, 0.15) is 16.7 Å². The van der Waals surface area contributed by atoms with Gasteiger partial charge in [0.1, 0.15) is 11.9 Å². The first-order chi connectivity index (χ1) is 10.3. The van der Waals surface area contributed by atoms with E-state index in [0.717, 1.165) is 24.1 Å². The summed E-state index contributed by atoms with van der Waals surface area (Å²) in [5.41, 5.74) is 3.28. The first kappa shape index (κ1) is 13.5. The molecule has 0 radical (unpaired) electrons. The maximum Gasteiger partial charge on any atom is 0.141 e. The van der Waals surface area contributed by atoms with Gasteiger partial charge in [0.25, 0.3) is 0 Å². The van der Waals surface area contributed by atoms with E-state index in [1.54, 1.807) is 6.07 Å². The quantitative estimate of drug-likeness (QED) is 0.935. The third-order valence-electron chi connectivity index (χ3n) is 3.77. The molecule has 2 aromatic rings. The topological polar surface area (TPSA) is 35.8 Å². The Balaban J connectivity index is 1.84. The van der Waals surface area contributed by atoms with Crippen LogP contribution in [0.3, 0.4) is 0 Å². The molecular weight excluding hydrogens is 263 g/mol. The predicted octanol–water partition coefficient (Wildman–Crippen LogP) is 3.30. The van der Waals surface area contributed by atoms with Crippen LogP contribution < -0.4 is 5.32 Å². The standard InChI is InChI=1S/C18H15FN2/c19-17-11-14(6-7-15(17)12-20)16-8-9-21-18(16)10-13-4-2-1-3-5-13/h1-8,11,18,21H,9-10H2. The Morgan fingerprint density at radius 2 is 2.00 bits per heavy atom. The fourth-order valence-corrected chi connectivity index (χ4v) is 2.70. The number of nitrogens with one attached hydrogen (secondary N) is 1. The SMILES string of the molecule is N#Cc1ccc(C2=CCNC2Cc2ccccc2)cc1F. The minimum Gasteiger partial charge on any atom is -0.306 e. The van der Waals surface area contributed by atoms with Gasteiger partial charge in [-0.1, -0.05) is 42.5 Å². The van der Waals surface area contributed by atoms with E-state index < -0.39 is 5.82 Å². The summed E-state index contributed by atoms with van der Waals surface area (Å²) in [6, 6.07) is 17.1. The molecule has 104 valence electrons. The average Bonchev–Trinajstić information content (AvgIpc) is 2.96. The molecule has 0 bridgehead atoms. The van der Waals surface area contributed by atoms with E-state index in [1.807, 2.05) is 30.3 Å². The summed E-state index contributed by atoms with van der Waals surface area (Å²) in [4.78, 5) is 0. The van der Waals surface area contributed by atoms with Crippen LogP contribution in [0.2, 0.25) is 0 Å². The number of nitriles is 1. The lowest BCUT2D eigenvalue weighted by Gasteiger charge is -2.16. The van der Waals surface area contributed by atoms with E-state index in [1.165, 1.54) is 11.6 Å². The fourth-order valence-electron chi connectivity index (χ4n) is 2.70. The predicted molar refractivity (Wildman–Crippen MR) is 81.0 cm³/mol. The summed E-state index contributed by atoms with van der Waals surface area (Å²) < 4.78 is 13.8. The highest BCUT2D eigenvalue weighted by atomic mass is 19.1. The van der Waals surface area contributed by atoms with Crippen molar-refractivity contribution in [3.63, 3.8) is 0 Å². The van der Waals surface area contributed by atoms with E-state index in [4.69, 9.17) is 5.26 Å². The highest BCUT2D eigenvalue weighted by Crippen LogP contribution is 2.26. The second kappa shape index (κ2) is 5.90. The highest BCUT2D eigenvalue weighted by Gasteiger charge is 2.21. The number of hydrogen-bond acceptors (Lipinski definition) is 2. The van der Waals surface area contributed by atoms with Crippen LogP contribution >= 0.6 is 0 Å². The molecule has 0 fully saturated rings. The lowest BCUT2D eigenvalue weighted by atomic mass is 9.94. The molecule has 0 saturated carbocycles. The Morgan fingerprint density at radius 3 is 2.71 bits per heavy atom. The van der Waals surface area contributed by atoms with Gasteiger partial charge in [0.05, 0.1) is 5.56 Å². The first-order valence-corrected chi connectivity index (χ1v) is 6.95. The normalized spacial score (nSPS) is 17.3. The maximum atomic E-state index is 13.8. The van der Waals surface area contributed by atoms with Crippen molar-refractivity contribution in [2.24, 2.45) is 0 Å². The van der Waals surface area contributed by atoms with Crippen molar-refractivity contribution >= 4 is 5.57 Å². The van der Waals surface area contributed by atoms with Crippen LogP contribution in [0.5, 0.6) is 0 Å². The Kier molecular flexibility index (Phi) is 3.81. The van der Waals surface area contributed by atoms with Crippen molar-refractivity contribution in [2.75, 3.05) is 6.54 Å². The second-order valence-corrected chi connectivity index (χ2v) is 5.12. The monoisotopic (exact) mass is 278 g/mol. The van der Waals surface area contributed by atoms with Gasteiger partial charge in [-0.2, -0.15) is 5.26 Å². The zero-order valence-corrected chi connectivity index (χ0v) is 11.5. The molecule has 0 spiro atoms. The van der Waals surface area contributed by atoms with Crippen molar-refractivity contribution in [1.82, 2.24) is 5.32 Å². The van der Waals surface area contributed by atoms with Gasteiger partial charge in [0, 0.05) is 12.6 Å². The van der Waals surface area contributed by atoms with Crippen LogP contribution in [0.15, 0.2) is 54.6 Å². The second-order valence-electron chi connectivity index (χ2n) is 5.12. The van der Waals surface area contributed by atoms with Gasteiger partial charge in [0.15, 0.2) is 0 Å². The number of benzene rings is 2. The van der Waals surface area contributed by atoms with Gasteiger partial charge in [-0.25, -0.2) is 4.39 Å². The molecule has 1 unspecified atom stereocenters. The van der Waals surface area contributed by atoms with Crippen molar-refractivity contribution in [2.45, 2.75) is 12.5 Å². The van der Waals surface area contributed by atoms with E-state index >= 15 is 0 Å². The van der Waals surface area contributed by atoms with Gasteiger partial charge in [0.2, 0.25) is 0 Å². The molecule has 1 N–H and O–H groups in total. The van der Waals surface area contributed by atoms with Crippen LogP contribution in [-0.2, 0) is 6.42 Å². The number of nitrogens with zero attached hydrogens (tertiary/aromatic N) is 1. The van der Waals surface area contributed by atoms with Crippen LogP contribution in [-0.4, -0.2) is 12.6 Å². The molecule has 1 heterocycles. The molecule has 1 aliphatic rings. The lowest BCUT2D eigenvalue weighted by molar-refractivity contribution is 0.622. The van der Waals surface area contributed by atoms with E-state index in [9.17, 15) is 4.39 Å². The molecule has 3 heteroatoms. The van der Waals surface area contributed by atoms with Crippen LogP contribution in [0.4, 0.5) is 4.39 Å². The molecule has 0 aliphatic carbocycles. The zero-order valence-electron chi connectivity index (χ0n) is 11.5. The Bertz CT molecular complexity index is 714. The molecular formula is C18H15FN2. The minimum atomic E-state index is -0.457. The molecule has 0 saturated heterocycles. The Morgan fingerprint density at radius 1 is 1.19 bits per heavy atom. The molecule has 21 heavy (non-hydrogen) atoms. The number of rotatable bonds is 3. The van der Waals surface area contributed by atoms with Gasteiger partial charge in [-0.05, 0) is 35.3 Å². The van der Waals surface area contributed by atoms with Crippen molar-refractivity contribution < 1.29 is 4.39 Å². The van der Waals surface area contributed by atoms with Crippen LogP contribution in [0, 0.1) is 17.1 Å². The molecule has 2 nitrogen and oxygen atoms in total. The zero-order chi connectivity index (χ0) is 14.7. The smallest absolute Gasteiger partial charge is 0.141 e. The Hall–Kier alpha value is -2.44. The molecule has 2 aromatic carbocycles. The summed E-state index contributed by atoms with van der Waals surface area (Å²) in [6.07, 6.45) is 2.96. The maximum absolute atomic E-state index is 13.8. The van der Waals surface area contributed by atoms with Gasteiger partial charge >= 0.3 is 0 Å². The Labute approximate surface area is 123 Å². The molecule has 0 aromatic heterocycles. The summed E-state index contributed by atoms with van der Waals surface area (Å²) in [6.45, 7) is 0.786. The van der Waals surface area contributed by atoms with Crippen LogP contribution in [0.25, 0.3) is 5.57 Å². The average molecular weight is 278 g/mol. The molecule has 1 aliphatic heterocycles. The number of hydrogen-bond donors (Lipinski definition) is 1. The summed E-state index contributed by atoms with van der Waals surface area (Å²) in [5.74, 6) is -0.457. The van der Waals surface area contributed by atoms with Gasteiger partial charge in [-0.3, -0.25) is 0 Å². The van der Waals surface area contributed by atoms with Gasteiger partial charge < -0.3 is 5.32 Å². The van der Waals surface area contributed by atoms with E-state index in [0.29, 0.717) is 0 Å². The van der Waals surface area contributed by atoms with Crippen molar-refractivity contribution in [3.8, 4) is 6.07 Å². The summed E-state index contributed by atoms with van der Waals surface area (Å²) in [7, 11) is 0. The molecule has 3 rings (SSSR count). The molecule has 1 atom stereocenters. The van der Waals surface area contributed by atoms with Crippen molar-refractivity contribution in [3.05, 3.63) is 77.1 Å². The highest BCUT2D eigenvalue weighted by molar-refractivity contribution is 5.72. The number of halogens is 1. The summed E-state index contributed by atoms with van der Waals surface area (Å²) in [5, 5.41) is 12.2.